The highest BCUT2D eigenvalue weighted by Crippen LogP contribution is 2.28. The van der Waals surface area contributed by atoms with E-state index in [0.717, 1.165) is 15.6 Å². The Labute approximate surface area is 102 Å². The van der Waals surface area contributed by atoms with Crippen molar-refractivity contribution in [3.63, 3.8) is 0 Å². The molecular weight excluding hydrogens is 273 g/mol. The van der Waals surface area contributed by atoms with Crippen LogP contribution < -0.4 is 5.73 Å². The fourth-order valence-electron chi connectivity index (χ4n) is 1.37. The second-order valence-corrected chi connectivity index (χ2v) is 4.57. The molecule has 15 heavy (non-hydrogen) atoms. The third-order valence-corrected chi connectivity index (χ3v) is 2.98. The van der Waals surface area contributed by atoms with Crippen molar-refractivity contribution >= 4 is 33.2 Å². The minimum absolute atomic E-state index is 0.590. The zero-order chi connectivity index (χ0) is 10.8. The summed E-state index contributed by atoms with van der Waals surface area (Å²) in [6.07, 6.45) is 0. The molecule has 0 bridgehead atoms. The van der Waals surface area contributed by atoms with E-state index in [-0.39, 0.29) is 0 Å². The summed E-state index contributed by atoms with van der Waals surface area (Å²) in [5.41, 5.74) is 8.44. The van der Waals surface area contributed by atoms with Gasteiger partial charge in [-0.15, -0.1) is 0 Å². The van der Waals surface area contributed by atoms with Gasteiger partial charge in [0.25, 0.3) is 0 Å². The van der Waals surface area contributed by atoms with E-state index >= 15 is 0 Å². The molecule has 0 unspecified atom stereocenters. The lowest BCUT2D eigenvalue weighted by molar-refractivity contribution is 1.59. The van der Waals surface area contributed by atoms with Gasteiger partial charge in [0, 0.05) is 4.47 Å². The van der Waals surface area contributed by atoms with E-state index in [4.69, 9.17) is 17.3 Å². The molecule has 0 radical (unpaired) electrons. The quantitative estimate of drug-likeness (QED) is 0.773. The van der Waals surface area contributed by atoms with Crippen LogP contribution in [0.15, 0.2) is 46.9 Å². The van der Waals surface area contributed by atoms with Gasteiger partial charge in [-0.3, -0.25) is 0 Å². The van der Waals surface area contributed by atoms with Gasteiger partial charge in [0.2, 0.25) is 0 Å². The number of rotatable bonds is 1. The third kappa shape index (κ3) is 2.33. The van der Waals surface area contributed by atoms with E-state index in [9.17, 15) is 0 Å². The van der Waals surface area contributed by atoms with Gasteiger partial charge >= 0.3 is 0 Å². The molecule has 0 amide bonds. The predicted molar refractivity (Wildman–Crippen MR) is 69.0 cm³/mol. The Kier molecular flexibility index (Phi) is 2.98. The lowest BCUT2D eigenvalue weighted by Crippen LogP contribution is -1.86. The lowest BCUT2D eigenvalue weighted by Gasteiger charge is -2.04. The van der Waals surface area contributed by atoms with E-state index in [1.54, 1.807) is 0 Å². The smallest absolute Gasteiger partial charge is 0.0641 e. The standard InChI is InChI=1S/C12H9BrClN/c13-10-3-1-2-8(6-10)9-4-5-12(15)11(14)7-9/h1-7H,15H2. The van der Waals surface area contributed by atoms with Crippen LogP contribution in [0.1, 0.15) is 0 Å². The molecule has 0 saturated carbocycles. The first-order valence-corrected chi connectivity index (χ1v) is 5.65. The van der Waals surface area contributed by atoms with Crippen molar-refractivity contribution in [3.8, 4) is 11.1 Å². The first-order valence-electron chi connectivity index (χ1n) is 4.48. The lowest BCUT2D eigenvalue weighted by atomic mass is 10.1. The zero-order valence-electron chi connectivity index (χ0n) is 7.87. The maximum Gasteiger partial charge on any atom is 0.0641 e. The molecule has 0 heterocycles. The first kappa shape index (κ1) is 10.5. The molecule has 0 fully saturated rings. The second-order valence-electron chi connectivity index (χ2n) is 3.25. The van der Waals surface area contributed by atoms with E-state index in [2.05, 4.69) is 15.9 Å². The summed E-state index contributed by atoms with van der Waals surface area (Å²) < 4.78 is 1.05. The highest BCUT2D eigenvalue weighted by molar-refractivity contribution is 9.10. The topological polar surface area (TPSA) is 26.0 Å². The summed E-state index contributed by atoms with van der Waals surface area (Å²) in [5, 5.41) is 0.590. The third-order valence-electron chi connectivity index (χ3n) is 2.16. The molecular formula is C12H9BrClN. The van der Waals surface area contributed by atoms with Crippen LogP contribution in [0.2, 0.25) is 5.02 Å². The summed E-state index contributed by atoms with van der Waals surface area (Å²) in [6, 6.07) is 13.7. The zero-order valence-corrected chi connectivity index (χ0v) is 10.2. The second kappa shape index (κ2) is 4.25. The molecule has 0 aliphatic carbocycles. The van der Waals surface area contributed by atoms with E-state index in [0.29, 0.717) is 10.7 Å². The SMILES string of the molecule is Nc1ccc(-c2cccc(Br)c2)cc1Cl. The summed E-state index contributed by atoms with van der Waals surface area (Å²) in [4.78, 5) is 0. The van der Waals surface area contributed by atoms with Crippen LogP contribution in [0.25, 0.3) is 11.1 Å². The molecule has 0 atom stereocenters. The van der Waals surface area contributed by atoms with Crippen molar-refractivity contribution in [3.05, 3.63) is 52.0 Å². The van der Waals surface area contributed by atoms with E-state index in [1.807, 2.05) is 42.5 Å². The molecule has 0 saturated heterocycles. The fraction of sp³-hybridized carbons (Fsp3) is 0. The van der Waals surface area contributed by atoms with Gasteiger partial charge in [0.15, 0.2) is 0 Å². The Morgan fingerprint density at radius 1 is 1.00 bits per heavy atom. The Hall–Kier alpha value is -0.990. The van der Waals surface area contributed by atoms with Crippen LogP contribution in [0, 0.1) is 0 Å². The van der Waals surface area contributed by atoms with Gasteiger partial charge in [0.1, 0.15) is 0 Å². The number of nitrogen functional groups attached to an aromatic ring is 1. The highest BCUT2D eigenvalue weighted by Gasteiger charge is 2.01. The van der Waals surface area contributed by atoms with Crippen LogP contribution in [0.3, 0.4) is 0 Å². The molecule has 76 valence electrons. The molecule has 0 aromatic heterocycles. The van der Waals surface area contributed by atoms with E-state index in [1.165, 1.54) is 0 Å². The van der Waals surface area contributed by atoms with Crippen molar-refractivity contribution in [1.82, 2.24) is 0 Å². The molecule has 3 heteroatoms. The van der Waals surface area contributed by atoms with Gasteiger partial charge < -0.3 is 5.73 Å². The monoisotopic (exact) mass is 281 g/mol. The van der Waals surface area contributed by atoms with Crippen molar-refractivity contribution in [2.24, 2.45) is 0 Å². The number of halogens is 2. The van der Waals surface area contributed by atoms with Gasteiger partial charge in [-0.25, -0.2) is 0 Å². The van der Waals surface area contributed by atoms with Crippen molar-refractivity contribution < 1.29 is 0 Å². The number of hydrogen-bond acceptors (Lipinski definition) is 1. The molecule has 0 aliphatic rings. The fourth-order valence-corrected chi connectivity index (χ4v) is 1.95. The molecule has 2 aromatic rings. The largest absolute Gasteiger partial charge is 0.398 e. The normalized spacial score (nSPS) is 10.3. The molecule has 2 aromatic carbocycles. The maximum absolute atomic E-state index is 5.97. The summed E-state index contributed by atoms with van der Waals surface area (Å²) in [5.74, 6) is 0. The first-order chi connectivity index (χ1) is 7.16. The minimum Gasteiger partial charge on any atom is -0.398 e. The van der Waals surface area contributed by atoms with Crippen molar-refractivity contribution in [2.75, 3.05) is 5.73 Å². The maximum atomic E-state index is 5.97. The van der Waals surface area contributed by atoms with Gasteiger partial charge in [-0.2, -0.15) is 0 Å². The molecule has 2 rings (SSSR count). The predicted octanol–water partition coefficient (Wildman–Crippen LogP) is 4.35. The number of anilines is 1. The number of hydrogen-bond donors (Lipinski definition) is 1. The average Bonchev–Trinajstić information content (AvgIpc) is 2.22. The van der Waals surface area contributed by atoms with Gasteiger partial charge in [-0.05, 0) is 35.4 Å². The Morgan fingerprint density at radius 2 is 1.73 bits per heavy atom. The summed E-state index contributed by atoms with van der Waals surface area (Å²) in [6.45, 7) is 0. The number of benzene rings is 2. The Bertz CT molecular complexity index is 497. The molecule has 2 N–H and O–H groups in total. The molecule has 0 spiro atoms. The summed E-state index contributed by atoms with van der Waals surface area (Å²) >= 11 is 9.40. The van der Waals surface area contributed by atoms with Crippen LogP contribution in [-0.4, -0.2) is 0 Å². The van der Waals surface area contributed by atoms with Crippen molar-refractivity contribution in [1.29, 1.82) is 0 Å². The van der Waals surface area contributed by atoms with Crippen LogP contribution in [0.5, 0.6) is 0 Å². The molecule has 1 nitrogen and oxygen atoms in total. The Morgan fingerprint density at radius 3 is 2.40 bits per heavy atom. The van der Waals surface area contributed by atoms with Crippen LogP contribution in [0.4, 0.5) is 5.69 Å². The highest BCUT2D eigenvalue weighted by atomic mass is 79.9. The van der Waals surface area contributed by atoms with Gasteiger partial charge in [0.05, 0.1) is 10.7 Å². The number of nitrogens with two attached hydrogens (primary N) is 1. The van der Waals surface area contributed by atoms with Crippen LogP contribution >= 0.6 is 27.5 Å². The Balaban J connectivity index is 2.50. The van der Waals surface area contributed by atoms with Crippen molar-refractivity contribution in [2.45, 2.75) is 0 Å². The average molecular weight is 283 g/mol. The van der Waals surface area contributed by atoms with Gasteiger partial charge in [-0.1, -0.05) is 45.7 Å². The van der Waals surface area contributed by atoms with E-state index < -0.39 is 0 Å². The van der Waals surface area contributed by atoms with Crippen LogP contribution in [-0.2, 0) is 0 Å². The summed E-state index contributed by atoms with van der Waals surface area (Å²) in [7, 11) is 0. The minimum atomic E-state index is 0.590. The molecule has 0 aliphatic heterocycles.